The first kappa shape index (κ1) is 19.0. The van der Waals surface area contributed by atoms with Gasteiger partial charge in [-0.05, 0) is 12.1 Å². The molecule has 0 amide bonds. The topological polar surface area (TPSA) is 86.0 Å². The van der Waals surface area contributed by atoms with Crippen LogP contribution >= 0.6 is 24.8 Å². The smallest absolute Gasteiger partial charge is 0.169 e. The molecular formula is C12H18Cl2N2O4. The van der Waals surface area contributed by atoms with Crippen LogP contribution in [-0.2, 0) is 4.84 Å². The number of benzene rings is 1. The molecule has 4 N–H and O–H groups in total. The van der Waals surface area contributed by atoms with Gasteiger partial charge in [-0.3, -0.25) is 0 Å². The Morgan fingerprint density at radius 1 is 1.25 bits per heavy atom. The van der Waals surface area contributed by atoms with E-state index in [1.54, 1.807) is 6.26 Å². The van der Waals surface area contributed by atoms with Gasteiger partial charge in [-0.15, -0.1) is 24.8 Å². The van der Waals surface area contributed by atoms with E-state index in [-0.39, 0.29) is 31.4 Å². The molecule has 1 atom stereocenters. The largest absolute Gasteiger partial charge is 0.457 e. The summed E-state index contributed by atoms with van der Waals surface area (Å²) in [7, 11) is 0. The summed E-state index contributed by atoms with van der Waals surface area (Å²) >= 11 is 0. The number of hydrogen-bond donors (Lipinski definition) is 3. The third-order valence-electron chi connectivity index (χ3n) is 2.38. The lowest BCUT2D eigenvalue weighted by atomic mass is 10.3. The highest BCUT2D eigenvalue weighted by Crippen LogP contribution is 2.31. The number of aliphatic hydroxyl groups is 1. The molecule has 1 aromatic carbocycles. The van der Waals surface area contributed by atoms with Crippen LogP contribution in [0.1, 0.15) is 0 Å². The van der Waals surface area contributed by atoms with Crippen molar-refractivity contribution in [2.75, 3.05) is 19.7 Å². The van der Waals surface area contributed by atoms with Crippen LogP contribution in [0.25, 0.3) is 0 Å². The van der Waals surface area contributed by atoms with E-state index in [9.17, 15) is 5.11 Å². The van der Waals surface area contributed by atoms with Crippen molar-refractivity contribution in [2.24, 2.45) is 5.90 Å². The van der Waals surface area contributed by atoms with E-state index < -0.39 is 6.10 Å². The molecule has 0 spiro atoms. The van der Waals surface area contributed by atoms with Crippen LogP contribution < -0.4 is 20.7 Å². The third kappa shape index (κ3) is 5.54. The number of aliphatic hydroxyl groups excluding tert-OH is 1. The first-order valence-corrected chi connectivity index (χ1v) is 5.62. The molecule has 114 valence electrons. The van der Waals surface area contributed by atoms with Gasteiger partial charge < -0.3 is 24.7 Å². The molecular weight excluding hydrogens is 307 g/mol. The average Bonchev–Trinajstić information content (AvgIpc) is 2.39. The van der Waals surface area contributed by atoms with Crippen LogP contribution in [0.15, 0.2) is 36.3 Å². The summed E-state index contributed by atoms with van der Waals surface area (Å²) < 4.78 is 11.0. The van der Waals surface area contributed by atoms with Gasteiger partial charge in [-0.2, -0.15) is 0 Å². The number of halogens is 2. The first-order valence-electron chi connectivity index (χ1n) is 5.62. The molecule has 0 saturated carbocycles. The van der Waals surface area contributed by atoms with Gasteiger partial charge >= 0.3 is 0 Å². The van der Waals surface area contributed by atoms with Crippen LogP contribution in [0, 0.1) is 0 Å². The predicted molar refractivity (Wildman–Crippen MR) is 79.3 cm³/mol. The van der Waals surface area contributed by atoms with Crippen molar-refractivity contribution in [1.29, 1.82) is 0 Å². The Balaban J connectivity index is 0.00000180. The minimum Gasteiger partial charge on any atom is -0.457 e. The Bertz CT molecular complexity index is 432. The Morgan fingerprint density at radius 2 is 1.95 bits per heavy atom. The first-order chi connectivity index (χ1) is 8.79. The zero-order valence-corrected chi connectivity index (χ0v) is 12.3. The lowest BCUT2D eigenvalue weighted by Gasteiger charge is -2.18. The second kappa shape index (κ2) is 9.82. The van der Waals surface area contributed by atoms with Crippen molar-refractivity contribution in [1.82, 2.24) is 5.32 Å². The third-order valence-corrected chi connectivity index (χ3v) is 2.38. The van der Waals surface area contributed by atoms with Crippen LogP contribution in [0.5, 0.6) is 11.5 Å². The van der Waals surface area contributed by atoms with Gasteiger partial charge in [-0.25, -0.2) is 5.90 Å². The zero-order valence-electron chi connectivity index (χ0n) is 10.7. The molecule has 2 rings (SSSR count). The maximum absolute atomic E-state index is 9.38. The minimum atomic E-state index is -0.646. The van der Waals surface area contributed by atoms with Crippen molar-refractivity contribution in [3.8, 4) is 11.5 Å². The molecule has 0 aliphatic carbocycles. The van der Waals surface area contributed by atoms with Gasteiger partial charge in [0.25, 0.3) is 0 Å². The van der Waals surface area contributed by atoms with Crippen molar-refractivity contribution in [3.63, 3.8) is 0 Å². The molecule has 1 aliphatic rings. The summed E-state index contributed by atoms with van der Waals surface area (Å²) in [4.78, 5) is 4.33. The standard InChI is InChI=1S/C12H16N2O4.2ClH/c13-17-7-9(15)5-14-6-10-8-16-11-3-1-2-4-12(11)18-10;;/h1-4,8-9,14-15H,5-7,13H2;2*1H. The summed E-state index contributed by atoms with van der Waals surface area (Å²) in [5, 5.41) is 12.4. The van der Waals surface area contributed by atoms with Gasteiger partial charge in [0.2, 0.25) is 0 Å². The number of rotatable bonds is 6. The Kier molecular flexibility index (Phi) is 9.32. The van der Waals surface area contributed by atoms with Crippen LogP contribution in [0.2, 0.25) is 0 Å². The van der Waals surface area contributed by atoms with Crippen molar-refractivity contribution in [2.45, 2.75) is 6.10 Å². The summed E-state index contributed by atoms with van der Waals surface area (Å²) in [5.74, 6) is 6.88. The molecule has 1 unspecified atom stereocenters. The van der Waals surface area contributed by atoms with E-state index >= 15 is 0 Å². The normalized spacial score (nSPS) is 13.6. The fraction of sp³-hybridized carbons (Fsp3) is 0.333. The maximum atomic E-state index is 9.38. The van der Waals surface area contributed by atoms with E-state index in [1.165, 1.54) is 0 Å². The number of nitrogens with one attached hydrogen (secondary N) is 1. The number of nitrogens with two attached hydrogens (primary N) is 1. The molecule has 0 bridgehead atoms. The maximum Gasteiger partial charge on any atom is 0.169 e. The number of ether oxygens (including phenoxy) is 2. The van der Waals surface area contributed by atoms with Crippen LogP contribution in [0.4, 0.5) is 0 Å². The average molecular weight is 325 g/mol. The second-order valence-electron chi connectivity index (χ2n) is 3.87. The van der Waals surface area contributed by atoms with E-state index in [4.69, 9.17) is 15.4 Å². The van der Waals surface area contributed by atoms with E-state index in [0.717, 1.165) is 0 Å². The molecule has 0 fully saturated rings. The quantitative estimate of drug-likeness (QED) is 0.676. The molecule has 20 heavy (non-hydrogen) atoms. The molecule has 8 heteroatoms. The molecule has 1 aliphatic heterocycles. The van der Waals surface area contributed by atoms with Gasteiger partial charge in [-0.1, -0.05) is 12.1 Å². The van der Waals surface area contributed by atoms with Crippen LogP contribution in [-0.4, -0.2) is 30.9 Å². The predicted octanol–water partition coefficient (Wildman–Crippen LogP) is 0.984. The highest BCUT2D eigenvalue weighted by atomic mass is 35.5. The lowest BCUT2D eigenvalue weighted by Crippen LogP contribution is -2.33. The molecule has 0 saturated heterocycles. The van der Waals surface area contributed by atoms with E-state index in [2.05, 4.69) is 10.2 Å². The number of fused-ring (bicyclic) bond motifs is 1. The highest BCUT2D eigenvalue weighted by Gasteiger charge is 2.13. The second-order valence-corrected chi connectivity index (χ2v) is 3.87. The minimum absolute atomic E-state index is 0. The zero-order chi connectivity index (χ0) is 12.8. The van der Waals surface area contributed by atoms with E-state index in [0.29, 0.717) is 30.3 Å². The Labute approximate surface area is 129 Å². The van der Waals surface area contributed by atoms with Crippen molar-refractivity contribution >= 4 is 24.8 Å². The molecule has 1 aromatic rings. The molecule has 1 heterocycles. The van der Waals surface area contributed by atoms with Gasteiger partial charge in [0.15, 0.2) is 17.3 Å². The fourth-order valence-corrected chi connectivity index (χ4v) is 1.54. The van der Waals surface area contributed by atoms with Crippen LogP contribution in [0.3, 0.4) is 0 Å². The summed E-state index contributed by atoms with van der Waals surface area (Å²) in [5.41, 5.74) is 0. The fourth-order valence-electron chi connectivity index (χ4n) is 1.54. The molecule has 0 aromatic heterocycles. The van der Waals surface area contributed by atoms with Crippen molar-refractivity contribution in [3.05, 3.63) is 36.3 Å². The Morgan fingerprint density at radius 3 is 2.65 bits per heavy atom. The van der Waals surface area contributed by atoms with Gasteiger partial charge in [0, 0.05) is 6.54 Å². The van der Waals surface area contributed by atoms with E-state index in [1.807, 2.05) is 24.3 Å². The number of para-hydroxylation sites is 2. The summed E-state index contributed by atoms with van der Waals surface area (Å²) in [6, 6.07) is 7.42. The van der Waals surface area contributed by atoms with Gasteiger partial charge in [0.1, 0.15) is 6.26 Å². The number of hydrogen-bond acceptors (Lipinski definition) is 6. The SMILES string of the molecule is Cl.Cl.NOCC(O)CNCC1=COc2ccccc2O1. The van der Waals surface area contributed by atoms with Gasteiger partial charge in [0.05, 0.1) is 19.3 Å². The van der Waals surface area contributed by atoms with Crippen molar-refractivity contribution < 1.29 is 19.4 Å². The molecule has 6 nitrogen and oxygen atoms in total. The lowest BCUT2D eigenvalue weighted by molar-refractivity contribution is 0.0370. The molecule has 0 radical (unpaired) electrons. The summed E-state index contributed by atoms with van der Waals surface area (Å²) in [6.07, 6.45) is 0.897. The summed E-state index contributed by atoms with van der Waals surface area (Å²) in [6.45, 7) is 0.905. The highest BCUT2D eigenvalue weighted by molar-refractivity contribution is 5.85. The monoisotopic (exact) mass is 324 g/mol. The Hall–Kier alpha value is -1.02.